The van der Waals surface area contributed by atoms with E-state index in [0.29, 0.717) is 0 Å². The molecule has 0 aromatic rings. The van der Waals surface area contributed by atoms with Gasteiger partial charge in [0, 0.05) is 0 Å². The van der Waals surface area contributed by atoms with Gasteiger partial charge in [-0.15, -0.1) is 0 Å². The molecule has 5 aliphatic rings. The molecule has 5 saturated heterocycles. The third-order valence-electron chi connectivity index (χ3n) is 10.3. The normalized spacial score (nSPS) is 53.9. The van der Waals surface area contributed by atoms with E-state index in [-0.39, 0.29) is 0 Å². The summed E-state index contributed by atoms with van der Waals surface area (Å²) in [6.45, 7) is -2.07. The zero-order valence-electron chi connectivity index (χ0n) is 29.1. The van der Waals surface area contributed by atoms with E-state index in [4.69, 9.17) is 42.6 Å². The molecule has 0 saturated carbocycles. The molecule has 322 valence electrons. The molecule has 55 heavy (non-hydrogen) atoms. The summed E-state index contributed by atoms with van der Waals surface area (Å²) in [7, 11) is 0. The fourth-order valence-corrected chi connectivity index (χ4v) is 6.85. The summed E-state index contributed by atoms with van der Waals surface area (Å²) in [5, 5.41) is 166. The van der Waals surface area contributed by atoms with Crippen LogP contribution in [0, 0.1) is 0 Å². The first-order chi connectivity index (χ1) is 25.9. The zero-order valence-corrected chi connectivity index (χ0v) is 29.1. The van der Waals surface area contributed by atoms with Crippen LogP contribution in [0.5, 0.6) is 0 Å². The summed E-state index contributed by atoms with van der Waals surface area (Å²) in [5.74, 6) is 0. The minimum Gasteiger partial charge on any atom is -0.394 e. The standard InChI is InChI=1S/C30H52O25/c1-6-11(34)15(38)19(42)28(48-6)55-25-22(45)30(52-9(4-33)23(25)53-29-20(43)17(40)13(36)8(3-32)51-29)54-24-14(37)10(49-26(46)21(24)44)5-47-27-18(41)16(39)12(35)7(2-31)50-27/h6-46H,2-5H2,1H3/t6-,7+,8+,9+,10+,11+,12-,13-,14-,15+,16-,17-,18+,19-,20+,21+,22+,23+,24-,25+,26+,27+,28-,29-,30-/m0/s1. The van der Waals surface area contributed by atoms with Crippen molar-refractivity contribution < 1.29 is 124 Å². The van der Waals surface area contributed by atoms with Gasteiger partial charge >= 0.3 is 0 Å². The highest BCUT2D eigenvalue weighted by Gasteiger charge is 2.56. The molecule has 0 unspecified atom stereocenters. The predicted molar refractivity (Wildman–Crippen MR) is 165 cm³/mol. The molecule has 0 aromatic carbocycles. The van der Waals surface area contributed by atoms with Crippen molar-refractivity contribution in [2.24, 2.45) is 0 Å². The lowest BCUT2D eigenvalue weighted by atomic mass is 9.95. The summed E-state index contributed by atoms with van der Waals surface area (Å²) in [4.78, 5) is 0. The van der Waals surface area contributed by atoms with Gasteiger partial charge in [-0.05, 0) is 6.92 Å². The summed E-state index contributed by atoms with van der Waals surface area (Å²) < 4.78 is 49.8. The van der Waals surface area contributed by atoms with Crippen molar-refractivity contribution in [1.29, 1.82) is 0 Å². The second-order valence-electron chi connectivity index (χ2n) is 14.0. The van der Waals surface area contributed by atoms with Gasteiger partial charge < -0.3 is 124 Å². The van der Waals surface area contributed by atoms with Crippen LogP contribution in [0.3, 0.4) is 0 Å². The number of aliphatic hydroxyl groups is 16. The molecular formula is C30H52O25. The molecule has 0 radical (unpaired) electrons. The van der Waals surface area contributed by atoms with Gasteiger partial charge in [0.1, 0.15) is 116 Å². The summed E-state index contributed by atoms with van der Waals surface area (Å²) in [6.07, 6.45) is -45.2. The van der Waals surface area contributed by atoms with Crippen molar-refractivity contribution in [3.63, 3.8) is 0 Å². The topological polar surface area (TPSA) is 407 Å². The molecule has 25 nitrogen and oxygen atoms in total. The number of hydrogen-bond donors (Lipinski definition) is 16. The Labute approximate surface area is 311 Å². The van der Waals surface area contributed by atoms with Crippen LogP contribution in [0.15, 0.2) is 0 Å². The fraction of sp³-hybridized carbons (Fsp3) is 1.00. The maximum Gasteiger partial charge on any atom is 0.187 e. The molecule has 5 aliphatic heterocycles. The molecule has 5 rings (SSSR count). The highest BCUT2D eigenvalue weighted by atomic mass is 16.8. The Kier molecular flexibility index (Phi) is 15.5. The Morgan fingerprint density at radius 2 is 0.800 bits per heavy atom. The predicted octanol–water partition coefficient (Wildman–Crippen LogP) is -10.9. The Bertz CT molecular complexity index is 1190. The maximum atomic E-state index is 11.6. The molecule has 25 heteroatoms. The third-order valence-corrected chi connectivity index (χ3v) is 10.3. The molecule has 16 N–H and O–H groups in total. The van der Waals surface area contributed by atoms with E-state index in [9.17, 15) is 81.7 Å². The SMILES string of the molecule is C[C@@H]1O[C@@H](O[C@@H]2[C@@H](O)[C@H](O[C@@H]3[C@@H](O)[C@H](O)O[C@H](CO[C@@H]4O[C@H](CO)[C@H](O)[C@H](O)[C@H]4O)[C@@H]3O)O[C@H](CO)[C@H]2O[C@@H]2O[C@H](CO)[C@H](O)[C@H](O)[C@H]2O)[C@@H](O)[C@H](O)[C@@H]1O. The number of rotatable bonds is 12. The van der Waals surface area contributed by atoms with Crippen LogP contribution in [0.2, 0.25) is 0 Å². The second-order valence-corrected chi connectivity index (χ2v) is 14.0. The lowest BCUT2D eigenvalue weighted by Crippen LogP contribution is -2.68. The molecule has 0 aromatic heterocycles. The van der Waals surface area contributed by atoms with Crippen molar-refractivity contribution >= 4 is 0 Å². The minimum absolute atomic E-state index is 0.745. The van der Waals surface area contributed by atoms with Crippen molar-refractivity contribution in [2.75, 3.05) is 26.4 Å². The lowest BCUT2D eigenvalue weighted by molar-refractivity contribution is -0.398. The van der Waals surface area contributed by atoms with Gasteiger partial charge in [0.25, 0.3) is 0 Å². The van der Waals surface area contributed by atoms with E-state index in [0.717, 1.165) is 0 Å². The van der Waals surface area contributed by atoms with E-state index in [1.807, 2.05) is 0 Å². The Balaban J connectivity index is 1.37. The van der Waals surface area contributed by atoms with Crippen LogP contribution in [0.25, 0.3) is 0 Å². The molecule has 0 aliphatic carbocycles. The smallest absolute Gasteiger partial charge is 0.187 e. The monoisotopic (exact) mass is 812 g/mol. The zero-order chi connectivity index (χ0) is 40.6. The quantitative estimate of drug-likeness (QED) is 0.0870. The first kappa shape index (κ1) is 45.1. The van der Waals surface area contributed by atoms with Crippen LogP contribution < -0.4 is 0 Å². The number of aliphatic hydroxyl groups excluding tert-OH is 16. The highest BCUT2D eigenvalue weighted by molar-refractivity contribution is 4.99. The van der Waals surface area contributed by atoms with E-state index >= 15 is 0 Å². The average molecular weight is 813 g/mol. The number of ether oxygens (including phenoxy) is 9. The first-order valence-electron chi connectivity index (χ1n) is 17.5. The first-order valence-corrected chi connectivity index (χ1v) is 17.5. The van der Waals surface area contributed by atoms with Crippen molar-refractivity contribution in [3.05, 3.63) is 0 Å². The molecule has 5 heterocycles. The van der Waals surface area contributed by atoms with Gasteiger partial charge in [-0.2, -0.15) is 0 Å². The van der Waals surface area contributed by atoms with Crippen LogP contribution >= 0.6 is 0 Å². The summed E-state index contributed by atoms with van der Waals surface area (Å²) >= 11 is 0. The third kappa shape index (κ3) is 9.26. The minimum atomic E-state index is -2.16. The summed E-state index contributed by atoms with van der Waals surface area (Å²) in [5.41, 5.74) is 0. The van der Waals surface area contributed by atoms with Crippen LogP contribution in [-0.4, -0.2) is 262 Å². The fourth-order valence-electron chi connectivity index (χ4n) is 6.85. The van der Waals surface area contributed by atoms with Gasteiger partial charge in [0.15, 0.2) is 31.5 Å². The van der Waals surface area contributed by atoms with Crippen molar-refractivity contribution in [3.8, 4) is 0 Å². The molecule has 5 fully saturated rings. The summed E-state index contributed by atoms with van der Waals surface area (Å²) in [6, 6.07) is 0. The van der Waals surface area contributed by atoms with Gasteiger partial charge in [-0.1, -0.05) is 0 Å². The second kappa shape index (κ2) is 18.9. The van der Waals surface area contributed by atoms with E-state index in [1.54, 1.807) is 0 Å². The molecule has 0 bridgehead atoms. The van der Waals surface area contributed by atoms with Crippen LogP contribution in [0.1, 0.15) is 6.92 Å². The van der Waals surface area contributed by atoms with Gasteiger partial charge in [-0.25, -0.2) is 0 Å². The Morgan fingerprint density at radius 1 is 0.364 bits per heavy atom. The van der Waals surface area contributed by atoms with E-state index in [2.05, 4.69) is 0 Å². The molecular weight excluding hydrogens is 760 g/mol. The van der Waals surface area contributed by atoms with Crippen molar-refractivity contribution in [2.45, 2.75) is 160 Å². The Hall–Kier alpha value is -1.00. The maximum absolute atomic E-state index is 11.6. The van der Waals surface area contributed by atoms with Crippen molar-refractivity contribution in [1.82, 2.24) is 0 Å². The largest absolute Gasteiger partial charge is 0.394 e. The lowest BCUT2D eigenvalue weighted by Gasteiger charge is -2.50. The van der Waals surface area contributed by atoms with E-state index in [1.165, 1.54) is 6.92 Å². The van der Waals surface area contributed by atoms with Crippen LogP contribution in [-0.2, 0) is 42.6 Å². The Morgan fingerprint density at radius 3 is 1.36 bits per heavy atom. The van der Waals surface area contributed by atoms with Crippen LogP contribution in [0.4, 0.5) is 0 Å². The number of hydrogen-bond acceptors (Lipinski definition) is 25. The van der Waals surface area contributed by atoms with Gasteiger partial charge in [0.2, 0.25) is 0 Å². The molecule has 0 amide bonds. The molecule has 25 atom stereocenters. The molecule has 0 spiro atoms. The average Bonchev–Trinajstić information content (AvgIpc) is 3.17. The van der Waals surface area contributed by atoms with Gasteiger partial charge in [0.05, 0.1) is 32.5 Å². The van der Waals surface area contributed by atoms with E-state index < -0.39 is 180 Å². The highest BCUT2D eigenvalue weighted by Crippen LogP contribution is 2.36. The van der Waals surface area contributed by atoms with Gasteiger partial charge in [-0.3, -0.25) is 0 Å².